The van der Waals surface area contributed by atoms with Crippen LogP contribution in [-0.2, 0) is 5.41 Å². The Labute approximate surface area is 299 Å². The zero-order chi connectivity index (χ0) is 34.6. The highest BCUT2D eigenvalue weighted by Gasteiger charge is 2.34. The first-order valence-corrected chi connectivity index (χ1v) is 17.4. The molecule has 0 amide bonds. The lowest BCUT2D eigenvalue weighted by molar-refractivity contribution is 0.654. The standard InChI is InChI=1S/C46H31N5O/c1-46(30-16-4-2-5-17-30,31-18-6-3-7-19-31)38-26-11-8-22-36(38)42-48-43(37-24-14-23-34-35-25-15-29-47-44(35)52-41(34)37)50-45(49-42)51-39-27-12-9-20-32(39)33-21-10-13-28-40(33)51/h2-29H,1H3. The summed E-state index contributed by atoms with van der Waals surface area (Å²) in [6.07, 6.45) is 1.75. The molecule has 52 heavy (non-hydrogen) atoms. The third-order valence-corrected chi connectivity index (χ3v) is 10.3. The fourth-order valence-electron chi connectivity index (χ4n) is 7.79. The van der Waals surface area contributed by atoms with E-state index in [1.807, 2.05) is 24.3 Å². The number of furan rings is 1. The SMILES string of the molecule is CC(c1ccccc1)(c1ccccc1)c1ccccc1-c1nc(-c2cccc3c2oc2ncccc23)nc(-n2c3ccccc3c3ccccc32)n1. The van der Waals surface area contributed by atoms with Crippen molar-refractivity contribution in [1.29, 1.82) is 0 Å². The molecule has 0 fully saturated rings. The smallest absolute Gasteiger partial charge is 0.238 e. The Morgan fingerprint density at radius 3 is 1.71 bits per heavy atom. The molecule has 0 aliphatic carbocycles. The molecule has 0 saturated carbocycles. The van der Waals surface area contributed by atoms with E-state index in [1.165, 1.54) is 11.1 Å². The van der Waals surface area contributed by atoms with Gasteiger partial charge in [0.05, 0.1) is 16.6 Å². The topological polar surface area (TPSA) is 69.6 Å². The van der Waals surface area contributed by atoms with Crippen LogP contribution in [0.2, 0.25) is 0 Å². The maximum atomic E-state index is 6.43. The number of para-hydroxylation sites is 3. The van der Waals surface area contributed by atoms with E-state index < -0.39 is 5.41 Å². The molecule has 0 bridgehead atoms. The van der Waals surface area contributed by atoms with Crippen molar-refractivity contribution in [3.8, 4) is 28.7 Å². The molecule has 0 saturated heterocycles. The van der Waals surface area contributed by atoms with Crippen LogP contribution in [0.3, 0.4) is 0 Å². The molecule has 4 heterocycles. The predicted molar refractivity (Wildman–Crippen MR) is 209 cm³/mol. The van der Waals surface area contributed by atoms with E-state index >= 15 is 0 Å². The number of nitrogens with zero attached hydrogens (tertiary/aromatic N) is 5. The largest absolute Gasteiger partial charge is 0.437 e. The maximum absolute atomic E-state index is 6.43. The third-order valence-electron chi connectivity index (χ3n) is 10.3. The Morgan fingerprint density at radius 2 is 1.02 bits per heavy atom. The second kappa shape index (κ2) is 11.9. The van der Waals surface area contributed by atoms with E-state index in [0.29, 0.717) is 28.9 Å². The van der Waals surface area contributed by atoms with E-state index in [1.54, 1.807) is 6.20 Å². The number of pyridine rings is 1. The van der Waals surface area contributed by atoms with Crippen molar-refractivity contribution < 1.29 is 4.42 Å². The second-order valence-corrected chi connectivity index (χ2v) is 13.2. The lowest BCUT2D eigenvalue weighted by Gasteiger charge is -2.33. The summed E-state index contributed by atoms with van der Waals surface area (Å²) in [7, 11) is 0. The van der Waals surface area contributed by atoms with E-state index in [2.05, 4.69) is 156 Å². The van der Waals surface area contributed by atoms with Crippen LogP contribution in [0.1, 0.15) is 23.6 Å². The Kier molecular flexibility index (Phi) is 6.83. The number of aromatic nitrogens is 5. The van der Waals surface area contributed by atoms with Gasteiger partial charge in [-0.15, -0.1) is 0 Å². The summed E-state index contributed by atoms with van der Waals surface area (Å²) < 4.78 is 8.58. The molecule has 246 valence electrons. The van der Waals surface area contributed by atoms with Crippen molar-refractivity contribution in [1.82, 2.24) is 24.5 Å². The highest BCUT2D eigenvalue weighted by atomic mass is 16.3. The molecule has 0 aliphatic rings. The minimum absolute atomic E-state index is 0.516. The van der Waals surface area contributed by atoms with E-state index in [0.717, 1.165) is 49.3 Å². The third kappa shape index (κ3) is 4.58. The molecular formula is C46H31N5O. The van der Waals surface area contributed by atoms with Gasteiger partial charge in [0, 0.05) is 38.7 Å². The lowest BCUT2D eigenvalue weighted by Crippen LogP contribution is -2.26. The molecule has 4 aromatic heterocycles. The Bertz CT molecular complexity index is 2840. The van der Waals surface area contributed by atoms with Crippen LogP contribution in [0.5, 0.6) is 0 Å². The summed E-state index contributed by atoms with van der Waals surface area (Å²) in [6.45, 7) is 2.29. The second-order valence-electron chi connectivity index (χ2n) is 13.2. The van der Waals surface area contributed by atoms with E-state index in [4.69, 9.17) is 19.4 Å². The molecule has 10 rings (SSSR count). The molecule has 0 N–H and O–H groups in total. The van der Waals surface area contributed by atoms with Crippen LogP contribution >= 0.6 is 0 Å². The van der Waals surface area contributed by atoms with Crippen molar-refractivity contribution in [3.05, 3.63) is 187 Å². The zero-order valence-electron chi connectivity index (χ0n) is 28.3. The van der Waals surface area contributed by atoms with Gasteiger partial charge in [-0.05, 0) is 53.9 Å². The van der Waals surface area contributed by atoms with Crippen LogP contribution in [0.15, 0.2) is 174 Å². The summed E-state index contributed by atoms with van der Waals surface area (Å²) in [6, 6.07) is 56.7. The molecule has 10 aromatic rings. The minimum atomic E-state index is -0.524. The first-order chi connectivity index (χ1) is 25.7. The molecule has 0 radical (unpaired) electrons. The Balaban J connectivity index is 1.30. The van der Waals surface area contributed by atoms with Crippen molar-refractivity contribution in [2.24, 2.45) is 0 Å². The average molecular weight is 670 g/mol. The van der Waals surface area contributed by atoms with Gasteiger partial charge in [-0.25, -0.2) is 9.97 Å². The summed E-state index contributed by atoms with van der Waals surface area (Å²) in [5.74, 6) is 1.61. The molecule has 6 aromatic carbocycles. The fourth-order valence-corrected chi connectivity index (χ4v) is 7.79. The van der Waals surface area contributed by atoms with Crippen LogP contribution in [0.4, 0.5) is 0 Å². The maximum Gasteiger partial charge on any atom is 0.238 e. The lowest BCUT2D eigenvalue weighted by atomic mass is 9.69. The zero-order valence-corrected chi connectivity index (χ0v) is 28.3. The Hall–Kier alpha value is -6.92. The first kappa shape index (κ1) is 29.9. The van der Waals surface area contributed by atoms with Gasteiger partial charge >= 0.3 is 0 Å². The summed E-state index contributed by atoms with van der Waals surface area (Å²) in [5.41, 5.74) is 7.90. The van der Waals surface area contributed by atoms with Crippen molar-refractivity contribution in [2.75, 3.05) is 0 Å². The van der Waals surface area contributed by atoms with Gasteiger partial charge < -0.3 is 4.42 Å². The monoisotopic (exact) mass is 669 g/mol. The highest BCUT2D eigenvalue weighted by Crippen LogP contribution is 2.43. The molecule has 0 atom stereocenters. The quantitative estimate of drug-likeness (QED) is 0.165. The predicted octanol–water partition coefficient (Wildman–Crippen LogP) is 11.0. The van der Waals surface area contributed by atoms with Gasteiger partial charge in [0.2, 0.25) is 11.7 Å². The summed E-state index contributed by atoms with van der Waals surface area (Å²) in [5, 5.41) is 4.17. The number of hydrogen-bond acceptors (Lipinski definition) is 5. The van der Waals surface area contributed by atoms with Crippen molar-refractivity contribution >= 4 is 43.9 Å². The van der Waals surface area contributed by atoms with Crippen LogP contribution < -0.4 is 0 Å². The molecule has 0 aliphatic heterocycles. The van der Waals surface area contributed by atoms with Gasteiger partial charge in [0.1, 0.15) is 5.58 Å². The fraction of sp³-hybridized carbons (Fsp3) is 0.0435. The average Bonchev–Trinajstić information content (AvgIpc) is 3.77. The minimum Gasteiger partial charge on any atom is -0.437 e. The normalized spacial score (nSPS) is 11.9. The molecule has 0 spiro atoms. The summed E-state index contributed by atoms with van der Waals surface area (Å²) in [4.78, 5) is 20.4. The van der Waals surface area contributed by atoms with Crippen molar-refractivity contribution in [3.63, 3.8) is 0 Å². The molecular weight excluding hydrogens is 639 g/mol. The van der Waals surface area contributed by atoms with Crippen LogP contribution in [0.25, 0.3) is 72.6 Å². The number of fused-ring (bicyclic) bond motifs is 6. The van der Waals surface area contributed by atoms with Gasteiger partial charge in [-0.3, -0.25) is 4.57 Å². The summed E-state index contributed by atoms with van der Waals surface area (Å²) >= 11 is 0. The number of rotatable bonds is 6. The van der Waals surface area contributed by atoms with Gasteiger partial charge in [0.15, 0.2) is 11.6 Å². The molecule has 6 nitrogen and oxygen atoms in total. The highest BCUT2D eigenvalue weighted by molar-refractivity contribution is 6.09. The van der Waals surface area contributed by atoms with Crippen LogP contribution in [0, 0.1) is 0 Å². The molecule has 6 heteroatoms. The van der Waals surface area contributed by atoms with Gasteiger partial charge in [-0.2, -0.15) is 9.97 Å². The number of hydrogen-bond donors (Lipinski definition) is 0. The van der Waals surface area contributed by atoms with E-state index in [-0.39, 0.29) is 0 Å². The molecule has 0 unspecified atom stereocenters. The van der Waals surface area contributed by atoms with Gasteiger partial charge in [-0.1, -0.05) is 133 Å². The Morgan fingerprint density at radius 1 is 0.481 bits per heavy atom. The van der Waals surface area contributed by atoms with Crippen molar-refractivity contribution in [2.45, 2.75) is 12.3 Å². The van der Waals surface area contributed by atoms with E-state index in [9.17, 15) is 0 Å². The number of benzene rings is 6. The first-order valence-electron chi connectivity index (χ1n) is 17.4. The van der Waals surface area contributed by atoms with Crippen LogP contribution in [-0.4, -0.2) is 24.5 Å². The van der Waals surface area contributed by atoms with Gasteiger partial charge in [0.25, 0.3) is 0 Å².